The topological polar surface area (TPSA) is 46.8 Å². The normalized spacial score (nSPS) is 12.0. The molecule has 9 aromatic carbocycles. The lowest BCUT2D eigenvalue weighted by atomic mass is 10.1. The second kappa shape index (κ2) is 13.3. The molecule has 3 aromatic heterocycles. The Balaban J connectivity index is 1.10. The predicted octanol–water partition coefficient (Wildman–Crippen LogP) is 11.0. The SMILES string of the molecule is N#Cc1ccc2c(c1)c1ccccc1n2-c1cccc([Si](c2ccccc2)(c2ccccc2)c2ccc(-n3c4ccccc4c4c5c(ccc43)oc3ccccc35)cc2)c1. The van der Waals surface area contributed by atoms with Gasteiger partial charge in [0.1, 0.15) is 11.2 Å². The highest BCUT2D eigenvalue weighted by molar-refractivity contribution is 7.19. The van der Waals surface area contributed by atoms with Crippen molar-refractivity contribution in [1.29, 1.82) is 5.26 Å². The van der Waals surface area contributed by atoms with Crippen LogP contribution in [0.3, 0.4) is 0 Å². The number of nitrogens with zero attached hydrogens (tertiary/aromatic N) is 3. The van der Waals surface area contributed by atoms with Crippen LogP contribution in [0, 0.1) is 11.3 Å². The predicted molar refractivity (Wildman–Crippen MR) is 251 cm³/mol. The minimum atomic E-state index is -2.94. The van der Waals surface area contributed by atoms with Gasteiger partial charge in [-0.1, -0.05) is 140 Å². The average Bonchev–Trinajstić information content (AvgIpc) is 3.98. The van der Waals surface area contributed by atoms with Crippen molar-refractivity contribution in [1.82, 2.24) is 9.13 Å². The van der Waals surface area contributed by atoms with Crippen molar-refractivity contribution in [3.8, 4) is 17.4 Å². The van der Waals surface area contributed by atoms with Gasteiger partial charge in [0.15, 0.2) is 8.07 Å². The molecule has 60 heavy (non-hydrogen) atoms. The summed E-state index contributed by atoms with van der Waals surface area (Å²) in [5.41, 5.74) is 9.17. The number of hydrogen-bond donors (Lipinski definition) is 0. The number of fused-ring (bicyclic) bond motifs is 10. The van der Waals surface area contributed by atoms with Gasteiger partial charge >= 0.3 is 0 Å². The van der Waals surface area contributed by atoms with Gasteiger partial charge in [-0.25, -0.2) is 0 Å². The third-order valence-electron chi connectivity index (χ3n) is 12.5. The van der Waals surface area contributed by atoms with E-state index in [1.807, 2.05) is 18.2 Å². The molecule has 0 unspecified atom stereocenters. The summed E-state index contributed by atoms with van der Waals surface area (Å²) in [6.45, 7) is 0. The summed E-state index contributed by atoms with van der Waals surface area (Å²) in [7, 11) is -2.94. The van der Waals surface area contributed by atoms with Gasteiger partial charge in [0.25, 0.3) is 0 Å². The largest absolute Gasteiger partial charge is 0.456 e. The smallest absolute Gasteiger partial charge is 0.179 e. The third kappa shape index (κ3) is 4.89. The molecule has 0 aliphatic rings. The first-order valence-corrected chi connectivity index (χ1v) is 22.3. The Morgan fingerprint density at radius 3 is 1.67 bits per heavy atom. The van der Waals surface area contributed by atoms with E-state index < -0.39 is 8.07 Å². The first-order chi connectivity index (χ1) is 29.7. The maximum absolute atomic E-state index is 9.82. The molecule has 0 bridgehead atoms. The maximum Gasteiger partial charge on any atom is 0.179 e. The summed E-state index contributed by atoms with van der Waals surface area (Å²) in [5, 5.41) is 21.9. The Kier molecular flexibility index (Phi) is 7.58. The first kappa shape index (κ1) is 34.2. The lowest BCUT2D eigenvalue weighted by molar-refractivity contribution is 0.669. The fourth-order valence-corrected chi connectivity index (χ4v) is 14.8. The molecule has 0 atom stereocenters. The molecule has 0 spiro atoms. The fraction of sp³-hybridized carbons (Fsp3) is 0. The Morgan fingerprint density at radius 1 is 0.367 bits per heavy atom. The zero-order chi connectivity index (χ0) is 39.8. The summed E-state index contributed by atoms with van der Waals surface area (Å²) in [5.74, 6) is 0. The lowest BCUT2D eigenvalue weighted by Gasteiger charge is -2.35. The molecule has 0 N–H and O–H groups in total. The average molecular weight is 782 g/mol. The number of benzene rings is 9. The third-order valence-corrected chi connectivity index (χ3v) is 17.3. The van der Waals surface area contributed by atoms with Crippen LogP contribution in [0.1, 0.15) is 5.56 Å². The molecule has 0 amide bonds. The number of para-hydroxylation sites is 3. The van der Waals surface area contributed by atoms with E-state index in [2.05, 4.69) is 209 Å². The van der Waals surface area contributed by atoms with Crippen LogP contribution in [0.15, 0.2) is 217 Å². The van der Waals surface area contributed by atoms with E-state index in [1.165, 1.54) is 31.5 Å². The van der Waals surface area contributed by atoms with E-state index in [4.69, 9.17) is 4.42 Å². The molecule has 12 rings (SSSR count). The Bertz CT molecular complexity index is 3630. The molecule has 280 valence electrons. The van der Waals surface area contributed by atoms with Crippen LogP contribution in [-0.2, 0) is 0 Å². The molecule has 3 heterocycles. The molecule has 0 saturated heterocycles. The van der Waals surface area contributed by atoms with E-state index in [9.17, 15) is 5.26 Å². The zero-order valence-electron chi connectivity index (χ0n) is 32.5. The Morgan fingerprint density at radius 2 is 0.933 bits per heavy atom. The minimum absolute atomic E-state index is 0.659. The van der Waals surface area contributed by atoms with Crippen LogP contribution in [0.4, 0.5) is 0 Å². The lowest BCUT2D eigenvalue weighted by Crippen LogP contribution is -2.74. The molecule has 0 fully saturated rings. The minimum Gasteiger partial charge on any atom is -0.456 e. The summed E-state index contributed by atoms with van der Waals surface area (Å²) >= 11 is 0. The number of nitriles is 1. The Labute approximate surface area is 347 Å². The Hall–Kier alpha value is -7.91. The van der Waals surface area contributed by atoms with Gasteiger partial charge in [0.2, 0.25) is 0 Å². The first-order valence-electron chi connectivity index (χ1n) is 20.3. The summed E-state index contributed by atoms with van der Waals surface area (Å²) in [4.78, 5) is 0. The van der Waals surface area contributed by atoms with Crippen LogP contribution in [0.2, 0.25) is 0 Å². The van der Waals surface area contributed by atoms with Gasteiger partial charge in [-0.15, -0.1) is 0 Å². The van der Waals surface area contributed by atoms with Gasteiger partial charge in [-0.05, 0) is 93.5 Å². The summed E-state index contributed by atoms with van der Waals surface area (Å²) < 4.78 is 11.1. The number of hydrogen-bond acceptors (Lipinski definition) is 2. The quantitative estimate of drug-likeness (QED) is 0.125. The second-order valence-corrected chi connectivity index (χ2v) is 19.4. The van der Waals surface area contributed by atoms with Crippen LogP contribution in [-0.4, -0.2) is 17.2 Å². The monoisotopic (exact) mass is 781 g/mol. The van der Waals surface area contributed by atoms with Crippen LogP contribution < -0.4 is 20.7 Å². The van der Waals surface area contributed by atoms with Gasteiger partial charge < -0.3 is 13.6 Å². The van der Waals surface area contributed by atoms with Gasteiger partial charge in [0, 0.05) is 43.7 Å². The molecular formula is C55H35N3OSi. The van der Waals surface area contributed by atoms with E-state index in [1.54, 1.807) is 0 Å². The summed E-state index contributed by atoms with van der Waals surface area (Å²) in [6.07, 6.45) is 0. The molecule has 0 aliphatic heterocycles. The fourth-order valence-electron chi connectivity index (χ4n) is 9.99. The number of aromatic nitrogens is 2. The molecular weight excluding hydrogens is 747 g/mol. The number of rotatable bonds is 6. The summed E-state index contributed by atoms with van der Waals surface area (Å²) in [6, 6.07) is 79.1. The maximum atomic E-state index is 9.82. The molecule has 0 radical (unpaired) electrons. The van der Waals surface area contributed by atoms with Gasteiger partial charge in [-0.3, -0.25) is 0 Å². The van der Waals surface area contributed by atoms with Crippen molar-refractivity contribution in [2.45, 2.75) is 0 Å². The van der Waals surface area contributed by atoms with Crippen molar-refractivity contribution in [2.75, 3.05) is 0 Å². The van der Waals surface area contributed by atoms with Gasteiger partial charge in [0.05, 0.1) is 33.7 Å². The van der Waals surface area contributed by atoms with Crippen LogP contribution in [0.25, 0.3) is 76.9 Å². The van der Waals surface area contributed by atoms with Crippen molar-refractivity contribution >= 4 is 94.4 Å². The van der Waals surface area contributed by atoms with Crippen molar-refractivity contribution in [3.05, 3.63) is 218 Å². The molecule has 4 nitrogen and oxygen atoms in total. The highest BCUT2D eigenvalue weighted by atomic mass is 28.3. The van der Waals surface area contributed by atoms with E-state index in [0.717, 1.165) is 66.2 Å². The molecule has 0 saturated carbocycles. The van der Waals surface area contributed by atoms with E-state index in [0.29, 0.717) is 5.56 Å². The number of furan rings is 1. The highest BCUT2D eigenvalue weighted by Crippen LogP contribution is 2.41. The van der Waals surface area contributed by atoms with Crippen LogP contribution >= 0.6 is 0 Å². The van der Waals surface area contributed by atoms with E-state index >= 15 is 0 Å². The van der Waals surface area contributed by atoms with Crippen LogP contribution in [0.5, 0.6) is 0 Å². The van der Waals surface area contributed by atoms with Gasteiger partial charge in [-0.2, -0.15) is 5.26 Å². The van der Waals surface area contributed by atoms with Crippen molar-refractivity contribution in [3.63, 3.8) is 0 Å². The standard InChI is InChI=1S/C55H35N3OSi/c56-36-37-26-31-50-47(34-37)44-20-7-10-23-48(44)58(50)39-14-13-19-43(35-39)60(40-15-3-1-4-16-40,41-17-5-2-6-18-41)42-29-27-38(28-30-42)57-49-24-11-8-21-45(49)54-51(57)32-33-53-55(54)46-22-9-12-25-52(46)59-53/h1-35H. The van der Waals surface area contributed by atoms with E-state index in [-0.39, 0.29) is 0 Å². The highest BCUT2D eigenvalue weighted by Gasteiger charge is 2.41. The molecule has 5 heteroatoms. The molecule has 12 aromatic rings. The van der Waals surface area contributed by atoms with Crippen molar-refractivity contribution < 1.29 is 4.42 Å². The zero-order valence-corrected chi connectivity index (χ0v) is 33.5. The van der Waals surface area contributed by atoms with Crippen molar-refractivity contribution in [2.24, 2.45) is 0 Å². The molecule has 0 aliphatic carbocycles. The second-order valence-electron chi connectivity index (χ2n) is 15.6.